The molecule has 0 radical (unpaired) electrons. The molecule has 1 saturated heterocycles. The number of nitrogens with zero attached hydrogens (tertiary/aromatic N) is 5. The molecule has 1 fully saturated rings. The zero-order valence-electron chi connectivity index (χ0n) is 13.1. The second kappa shape index (κ2) is 6.66. The predicted octanol–water partition coefficient (Wildman–Crippen LogP) is 0.367. The Hall–Kier alpha value is -2.61. The number of benzene rings is 1. The maximum Gasteiger partial charge on any atom is 0.225 e. The molecule has 4 N–H and O–H groups in total. The summed E-state index contributed by atoms with van der Waals surface area (Å²) in [5.74, 6) is 1.85. The van der Waals surface area contributed by atoms with Crippen LogP contribution in [0.3, 0.4) is 0 Å². The van der Waals surface area contributed by atoms with Crippen molar-refractivity contribution in [2.75, 3.05) is 49.7 Å². The second-order valence-electron chi connectivity index (χ2n) is 5.40. The molecule has 0 amide bonds. The van der Waals surface area contributed by atoms with Gasteiger partial charge in [0.15, 0.2) is 0 Å². The highest BCUT2D eigenvalue weighted by Crippen LogP contribution is 2.28. The molecule has 0 unspecified atom stereocenters. The van der Waals surface area contributed by atoms with Crippen molar-refractivity contribution < 1.29 is 4.74 Å². The van der Waals surface area contributed by atoms with Gasteiger partial charge in [-0.3, -0.25) is 4.90 Å². The summed E-state index contributed by atoms with van der Waals surface area (Å²) < 4.78 is 5.44. The van der Waals surface area contributed by atoms with Crippen molar-refractivity contribution in [1.82, 2.24) is 19.9 Å². The highest BCUT2D eigenvalue weighted by Gasteiger charge is 2.20. The Morgan fingerprint density at radius 2 is 1.65 bits per heavy atom. The van der Waals surface area contributed by atoms with Crippen molar-refractivity contribution in [2.45, 2.75) is 6.54 Å². The molecule has 8 nitrogen and oxygen atoms in total. The third-order valence-corrected chi connectivity index (χ3v) is 3.88. The Labute approximate surface area is 135 Å². The number of nitrogens with two attached hydrogens (primary N) is 2. The summed E-state index contributed by atoms with van der Waals surface area (Å²) >= 11 is 0. The Bertz CT molecular complexity index is 650. The van der Waals surface area contributed by atoms with E-state index in [9.17, 15) is 0 Å². The molecule has 3 rings (SSSR count). The first-order valence-electron chi connectivity index (χ1n) is 7.52. The predicted molar refractivity (Wildman–Crippen MR) is 89.1 cm³/mol. The number of rotatable bonds is 4. The lowest BCUT2D eigenvalue weighted by Gasteiger charge is -2.36. The number of methoxy groups -OCH3 is 1. The van der Waals surface area contributed by atoms with Crippen molar-refractivity contribution in [2.24, 2.45) is 0 Å². The Morgan fingerprint density at radius 3 is 2.30 bits per heavy atom. The van der Waals surface area contributed by atoms with E-state index in [4.69, 9.17) is 16.2 Å². The number of hydrogen-bond acceptors (Lipinski definition) is 8. The highest BCUT2D eigenvalue weighted by molar-refractivity contribution is 5.58. The maximum atomic E-state index is 5.61. The van der Waals surface area contributed by atoms with Crippen LogP contribution in [0.15, 0.2) is 24.3 Å². The Balaban J connectivity index is 1.62. The van der Waals surface area contributed by atoms with Crippen LogP contribution in [0.4, 0.5) is 17.6 Å². The minimum absolute atomic E-state index is 0.167. The average Bonchev–Trinajstić information content (AvgIpc) is 2.54. The van der Waals surface area contributed by atoms with Gasteiger partial charge in [0.1, 0.15) is 11.6 Å². The van der Waals surface area contributed by atoms with Crippen molar-refractivity contribution in [3.8, 4) is 5.75 Å². The van der Waals surface area contributed by atoms with Crippen LogP contribution in [0.1, 0.15) is 5.82 Å². The van der Waals surface area contributed by atoms with Gasteiger partial charge < -0.3 is 21.1 Å². The molecular weight excluding hydrogens is 294 g/mol. The van der Waals surface area contributed by atoms with Gasteiger partial charge in [0, 0.05) is 26.2 Å². The van der Waals surface area contributed by atoms with Crippen LogP contribution >= 0.6 is 0 Å². The molecule has 1 aliphatic rings. The van der Waals surface area contributed by atoms with Crippen LogP contribution in [0.25, 0.3) is 0 Å². The van der Waals surface area contributed by atoms with Gasteiger partial charge in [-0.1, -0.05) is 12.1 Å². The third kappa shape index (κ3) is 3.59. The lowest BCUT2D eigenvalue weighted by molar-refractivity contribution is 0.243. The largest absolute Gasteiger partial charge is 0.495 e. The van der Waals surface area contributed by atoms with E-state index in [-0.39, 0.29) is 11.9 Å². The fourth-order valence-corrected chi connectivity index (χ4v) is 2.77. The second-order valence-corrected chi connectivity index (χ2v) is 5.40. The van der Waals surface area contributed by atoms with Gasteiger partial charge in [-0.15, -0.1) is 0 Å². The molecular formula is C15H21N7O. The van der Waals surface area contributed by atoms with Crippen LogP contribution in [0.5, 0.6) is 5.75 Å². The summed E-state index contributed by atoms with van der Waals surface area (Å²) in [6.45, 7) is 4.26. The normalized spacial score (nSPS) is 15.6. The van der Waals surface area contributed by atoms with E-state index in [1.165, 1.54) is 0 Å². The van der Waals surface area contributed by atoms with Crippen LogP contribution in [-0.2, 0) is 6.54 Å². The van der Waals surface area contributed by atoms with Gasteiger partial charge in [0.25, 0.3) is 0 Å². The first-order chi connectivity index (χ1) is 11.2. The van der Waals surface area contributed by atoms with Gasteiger partial charge in [-0.05, 0) is 12.1 Å². The fraction of sp³-hybridized carbons (Fsp3) is 0.400. The smallest absolute Gasteiger partial charge is 0.225 e. The SMILES string of the molecule is COc1ccccc1N1CCN(Cc2nc(N)nc(N)n2)CC1. The molecule has 2 aromatic rings. The Kier molecular flexibility index (Phi) is 4.42. The molecule has 23 heavy (non-hydrogen) atoms. The molecule has 8 heteroatoms. The topological polar surface area (TPSA) is 106 Å². The van der Waals surface area contributed by atoms with E-state index < -0.39 is 0 Å². The van der Waals surface area contributed by atoms with Crippen LogP contribution < -0.4 is 21.1 Å². The molecule has 1 aromatic heterocycles. The molecule has 0 atom stereocenters. The molecule has 0 spiro atoms. The summed E-state index contributed by atoms with van der Waals surface area (Å²) in [6, 6.07) is 8.08. The van der Waals surface area contributed by atoms with Crippen LogP contribution in [0, 0.1) is 0 Å². The van der Waals surface area contributed by atoms with Crippen LogP contribution in [-0.4, -0.2) is 53.1 Å². The van der Waals surface area contributed by atoms with E-state index in [1.54, 1.807) is 7.11 Å². The van der Waals surface area contributed by atoms with Crippen molar-refractivity contribution in [1.29, 1.82) is 0 Å². The quantitative estimate of drug-likeness (QED) is 0.833. The molecule has 0 saturated carbocycles. The number of hydrogen-bond donors (Lipinski definition) is 2. The summed E-state index contributed by atoms with van der Waals surface area (Å²) in [6.07, 6.45) is 0. The minimum Gasteiger partial charge on any atom is -0.495 e. The van der Waals surface area contributed by atoms with E-state index in [0.29, 0.717) is 12.4 Å². The van der Waals surface area contributed by atoms with Gasteiger partial charge in [-0.2, -0.15) is 15.0 Å². The third-order valence-electron chi connectivity index (χ3n) is 3.88. The number of anilines is 3. The summed E-state index contributed by atoms with van der Waals surface area (Å²) in [5.41, 5.74) is 12.4. The molecule has 1 aliphatic heterocycles. The van der Waals surface area contributed by atoms with E-state index >= 15 is 0 Å². The first kappa shape index (κ1) is 15.3. The molecule has 1 aromatic carbocycles. The van der Waals surface area contributed by atoms with Crippen molar-refractivity contribution in [3.05, 3.63) is 30.1 Å². The van der Waals surface area contributed by atoms with E-state index in [1.807, 2.05) is 18.2 Å². The maximum absolute atomic E-state index is 5.61. The number of para-hydroxylation sites is 2. The van der Waals surface area contributed by atoms with Gasteiger partial charge in [-0.25, -0.2) is 0 Å². The monoisotopic (exact) mass is 315 g/mol. The van der Waals surface area contributed by atoms with Crippen molar-refractivity contribution >= 4 is 17.6 Å². The average molecular weight is 315 g/mol. The molecule has 0 aliphatic carbocycles. The number of ether oxygens (including phenoxy) is 1. The number of nitrogen functional groups attached to an aromatic ring is 2. The summed E-state index contributed by atoms with van der Waals surface area (Å²) in [5, 5.41) is 0. The lowest BCUT2D eigenvalue weighted by atomic mass is 10.2. The molecule has 2 heterocycles. The number of piperazine rings is 1. The Morgan fingerprint density at radius 1 is 1.00 bits per heavy atom. The summed E-state index contributed by atoms with van der Waals surface area (Å²) in [7, 11) is 1.70. The minimum atomic E-state index is 0.167. The van der Waals surface area contributed by atoms with Crippen LogP contribution in [0.2, 0.25) is 0 Å². The van der Waals surface area contributed by atoms with E-state index in [2.05, 4.69) is 30.8 Å². The van der Waals surface area contributed by atoms with Crippen molar-refractivity contribution in [3.63, 3.8) is 0 Å². The zero-order valence-corrected chi connectivity index (χ0v) is 13.1. The first-order valence-corrected chi connectivity index (χ1v) is 7.52. The standard InChI is InChI=1S/C15H21N7O/c1-23-12-5-3-2-4-11(12)22-8-6-21(7-9-22)10-13-18-14(16)20-15(17)19-13/h2-5H,6-10H2,1H3,(H4,16,17,18,19,20). The highest BCUT2D eigenvalue weighted by atomic mass is 16.5. The fourth-order valence-electron chi connectivity index (χ4n) is 2.77. The molecule has 122 valence electrons. The lowest BCUT2D eigenvalue weighted by Crippen LogP contribution is -2.46. The van der Waals surface area contributed by atoms with E-state index in [0.717, 1.165) is 37.6 Å². The number of aromatic nitrogens is 3. The van der Waals surface area contributed by atoms with Gasteiger partial charge in [0.05, 0.1) is 19.3 Å². The zero-order chi connectivity index (χ0) is 16.2. The van der Waals surface area contributed by atoms with Gasteiger partial charge in [0.2, 0.25) is 11.9 Å². The molecule has 0 bridgehead atoms. The van der Waals surface area contributed by atoms with Gasteiger partial charge >= 0.3 is 0 Å². The summed E-state index contributed by atoms with van der Waals surface area (Å²) in [4.78, 5) is 16.7.